The molecule has 0 spiro atoms. The number of aromatic nitrogens is 1. The van der Waals surface area contributed by atoms with Gasteiger partial charge in [-0.05, 0) is 24.2 Å². The fraction of sp³-hybridized carbons (Fsp3) is 0.333. The summed E-state index contributed by atoms with van der Waals surface area (Å²) in [6.07, 6.45) is 0.695. The maximum absolute atomic E-state index is 12.1. The van der Waals surface area contributed by atoms with Crippen LogP contribution in [0.2, 0.25) is 0 Å². The van der Waals surface area contributed by atoms with Crippen molar-refractivity contribution in [3.8, 4) is 11.5 Å². The lowest BCUT2D eigenvalue weighted by Gasteiger charge is -2.18. The van der Waals surface area contributed by atoms with E-state index in [1.165, 1.54) is 11.3 Å². The van der Waals surface area contributed by atoms with Gasteiger partial charge in [0.05, 0.1) is 5.01 Å². The maximum Gasteiger partial charge on any atom is 0.271 e. The number of nitrogens with two attached hydrogens (primary N) is 1. The van der Waals surface area contributed by atoms with Crippen LogP contribution in [-0.2, 0) is 13.0 Å². The van der Waals surface area contributed by atoms with E-state index in [1.54, 1.807) is 5.38 Å². The zero-order valence-corrected chi connectivity index (χ0v) is 12.8. The molecular weight excluding hydrogens is 302 g/mol. The van der Waals surface area contributed by atoms with Crippen LogP contribution in [0.3, 0.4) is 0 Å². The molecule has 0 saturated carbocycles. The van der Waals surface area contributed by atoms with Crippen LogP contribution >= 0.6 is 11.3 Å². The number of carbonyl (C=O) groups is 1. The molecule has 1 aromatic carbocycles. The van der Waals surface area contributed by atoms with Crippen molar-refractivity contribution in [1.82, 2.24) is 10.3 Å². The van der Waals surface area contributed by atoms with Crippen LogP contribution in [0, 0.1) is 0 Å². The Bertz CT molecular complexity index is 672. The Hall–Kier alpha value is -2.12. The SMILES string of the molecule is NCCc1nc(C(=O)NCc2ccc3c(c2)OCCO3)cs1. The van der Waals surface area contributed by atoms with Gasteiger partial charge in [-0.25, -0.2) is 4.98 Å². The summed E-state index contributed by atoms with van der Waals surface area (Å²) in [4.78, 5) is 16.3. The molecule has 0 radical (unpaired) electrons. The molecule has 2 heterocycles. The zero-order chi connectivity index (χ0) is 15.4. The molecule has 0 bridgehead atoms. The number of amides is 1. The first-order valence-corrected chi connectivity index (χ1v) is 7.95. The quantitative estimate of drug-likeness (QED) is 0.868. The fourth-order valence-corrected chi connectivity index (χ4v) is 2.92. The second-order valence-electron chi connectivity index (χ2n) is 4.83. The summed E-state index contributed by atoms with van der Waals surface area (Å²) in [5, 5.41) is 5.49. The van der Waals surface area contributed by atoms with E-state index in [-0.39, 0.29) is 5.91 Å². The monoisotopic (exact) mass is 319 g/mol. The van der Waals surface area contributed by atoms with E-state index in [4.69, 9.17) is 15.2 Å². The van der Waals surface area contributed by atoms with Gasteiger partial charge in [-0.3, -0.25) is 4.79 Å². The minimum atomic E-state index is -0.186. The lowest BCUT2D eigenvalue weighted by atomic mass is 10.2. The van der Waals surface area contributed by atoms with Crippen LogP contribution in [0.4, 0.5) is 0 Å². The molecule has 2 aromatic rings. The van der Waals surface area contributed by atoms with Gasteiger partial charge in [0.25, 0.3) is 5.91 Å². The molecule has 0 aliphatic carbocycles. The Labute approximate surface area is 132 Å². The lowest BCUT2D eigenvalue weighted by molar-refractivity contribution is 0.0946. The van der Waals surface area contributed by atoms with Crippen molar-refractivity contribution in [2.45, 2.75) is 13.0 Å². The van der Waals surface area contributed by atoms with Gasteiger partial charge in [0.15, 0.2) is 11.5 Å². The molecule has 116 valence electrons. The van der Waals surface area contributed by atoms with Crippen molar-refractivity contribution in [2.24, 2.45) is 5.73 Å². The molecule has 22 heavy (non-hydrogen) atoms. The fourth-order valence-electron chi connectivity index (χ4n) is 2.12. The van der Waals surface area contributed by atoms with Gasteiger partial charge in [-0.1, -0.05) is 6.07 Å². The second-order valence-corrected chi connectivity index (χ2v) is 5.77. The first-order chi connectivity index (χ1) is 10.8. The highest BCUT2D eigenvalue weighted by atomic mass is 32.1. The van der Waals surface area contributed by atoms with Crippen molar-refractivity contribution in [3.63, 3.8) is 0 Å². The highest BCUT2D eigenvalue weighted by molar-refractivity contribution is 7.09. The van der Waals surface area contributed by atoms with Gasteiger partial charge < -0.3 is 20.5 Å². The van der Waals surface area contributed by atoms with Crippen LogP contribution in [0.25, 0.3) is 0 Å². The number of fused-ring (bicyclic) bond motifs is 1. The number of hydrogen-bond donors (Lipinski definition) is 2. The summed E-state index contributed by atoms with van der Waals surface area (Å²) >= 11 is 1.45. The summed E-state index contributed by atoms with van der Waals surface area (Å²) in [6.45, 7) is 2.06. The van der Waals surface area contributed by atoms with E-state index in [0.29, 0.717) is 38.4 Å². The van der Waals surface area contributed by atoms with Crippen LogP contribution in [0.1, 0.15) is 21.1 Å². The molecule has 1 amide bonds. The molecular formula is C15H17N3O3S. The molecule has 1 aromatic heterocycles. The molecule has 0 fully saturated rings. The van der Waals surface area contributed by atoms with Gasteiger partial charge >= 0.3 is 0 Å². The minimum Gasteiger partial charge on any atom is -0.486 e. The van der Waals surface area contributed by atoms with Crippen molar-refractivity contribution in [3.05, 3.63) is 39.8 Å². The summed E-state index contributed by atoms with van der Waals surface area (Å²) in [5.74, 6) is 1.28. The minimum absolute atomic E-state index is 0.186. The second kappa shape index (κ2) is 6.76. The predicted molar refractivity (Wildman–Crippen MR) is 83.5 cm³/mol. The van der Waals surface area contributed by atoms with Gasteiger partial charge in [-0.15, -0.1) is 11.3 Å². The number of ether oxygens (including phenoxy) is 2. The summed E-state index contributed by atoms with van der Waals surface area (Å²) in [6, 6.07) is 5.66. The Morgan fingerprint density at radius 1 is 1.32 bits per heavy atom. The number of nitrogens with one attached hydrogen (secondary N) is 1. The average Bonchev–Trinajstić information content (AvgIpc) is 3.01. The number of benzene rings is 1. The maximum atomic E-state index is 12.1. The van der Waals surface area contributed by atoms with Crippen LogP contribution < -0.4 is 20.5 Å². The summed E-state index contributed by atoms with van der Waals surface area (Å²) in [7, 11) is 0. The van der Waals surface area contributed by atoms with E-state index in [2.05, 4.69) is 10.3 Å². The highest BCUT2D eigenvalue weighted by Gasteiger charge is 2.13. The summed E-state index contributed by atoms with van der Waals surface area (Å²) in [5.41, 5.74) is 6.87. The van der Waals surface area contributed by atoms with Crippen molar-refractivity contribution >= 4 is 17.2 Å². The van der Waals surface area contributed by atoms with E-state index in [9.17, 15) is 4.79 Å². The Kier molecular flexibility index (Phi) is 4.55. The smallest absolute Gasteiger partial charge is 0.271 e. The molecule has 3 rings (SSSR count). The van der Waals surface area contributed by atoms with E-state index in [1.807, 2.05) is 18.2 Å². The summed E-state index contributed by atoms with van der Waals surface area (Å²) < 4.78 is 11.0. The third-order valence-corrected chi connectivity index (χ3v) is 4.11. The third kappa shape index (κ3) is 3.37. The van der Waals surface area contributed by atoms with E-state index in [0.717, 1.165) is 22.1 Å². The average molecular weight is 319 g/mol. The molecule has 3 N–H and O–H groups in total. The number of rotatable bonds is 5. The van der Waals surface area contributed by atoms with Gasteiger partial charge in [0.1, 0.15) is 18.9 Å². The van der Waals surface area contributed by atoms with Crippen molar-refractivity contribution < 1.29 is 14.3 Å². The molecule has 0 atom stereocenters. The normalized spacial score (nSPS) is 13.0. The standard InChI is InChI=1S/C15H17N3O3S/c16-4-3-14-18-11(9-22-14)15(19)17-8-10-1-2-12-13(7-10)21-6-5-20-12/h1-2,7,9H,3-6,8,16H2,(H,17,19). The van der Waals surface area contributed by atoms with Gasteiger partial charge in [0.2, 0.25) is 0 Å². The van der Waals surface area contributed by atoms with Crippen molar-refractivity contribution in [2.75, 3.05) is 19.8 Å². The molecule has 0 saturated heterocycles. The number of hydrogen-bond acceptors (Lipinski definition) is 6. The number of thiazole rings is 1. The van der Waals surface area contributed by atoms with E-state index >= 15 is 0 Å². The highest BCUT2D eigenvalue weighted by Crippen LogP contribution is 2.30. The van der Waals surface area contributed by atoms with Crippen LogP contribution in [0.15, 0.2) is 23.6 Å². The first-order valence-electron chi connectivity index (χ1n) is 7.07. The largest absolute Gasteiger partial charge is 0.486 e. The number of nitrogens with zero attached hydrogens (tertiary/aromatic N) is 1. The number of carbonyl (C=O) groups excluding carboxylic acids is 1. The van der Waals surface area contributed by atoms with Crippen molar-refractivity contribution in [1.29, 1.82) is 0 Å². The van der Waals surface area contributed by atoms with Crippen LogP contribution in [-0.4, -0.2) is 30.6 Å². The molecule has 0 unspecified atom stereocenters. The zero-order valence-electron chi connectivity index (χ0n) is 12.0. The lowest BCUT2D eigenvalue weighted by Crippen LogP contribution is -2.23. The Morgan fingerprint density at radius 2 is 2.14 bits per heavy atom. The Balaban J connectivity index is 1.60. The van der Waals surface area contributed by atoms with Crippen LogP contribution in [0.5, 0.6) is 11.5 Å². The topological polar surface area (TPSA) is 86.5 Å². The molecule has 6 nitrogen and oxygen atoms in total. The molecule has 1 aliphatic heterocycles. The molecule has 1 aliphatic rings. The van der Waals surface area contributed by atoms with Gasteiger partial charge in [0, 0.05) is 18.3 Å². The third-order valence-electron chi connectivity index (χ3n) is 3.20. The molecule has 7 heteroatoms. The first kappa shape index (κ1) is 14.8. The van der Waals surface area contributed by atoms with Gasteiger partial charge in [-0.2, -0.15) is 0 Å². The predicted octanol–water partition coefficient (Wildman–Crippen LogP) is 1.35. The van der Waals surface area contributed by atoms with E-state index < -0.39 is 0 Å². The Morgan fingerprint density at radius 3 is 2.95 bits per heavy atom.